The predicted octanol–water partition coefficient (Wildman–Crippen LogP) is 2.68. The van der Waals surface area contributed by atoms with Gasteiger partial charge < -0.3 is 10.2 Å². The molecule has 1 aliphatic rings. The van der Waals surface area contributed by atoms with Gasteiger partial charge >= 0.3 is 5.97 Å². The number of phenolic OH excluding ortho intramolecular Hbond substituents is 1. The van der Waals surface area contributed by atoms with Crippen LogP contribution in [-0.2, 0) is 24.1 Å². The number of benzene rings is 1. The van der Waals surface area contributed by atoms with Crippen LogP contribution in [0.4, 0.5) is 0 Å². The van der Waals surface area contributed by atoms with Gasteiger partial charge in [-0.25, -0.2) is 0 Å². The average molecular weight is 234 g/mol. The van der Waals surface area contributed by atoms with Crippen LogP contribution in [0.2, 0.25) is 0 Å². The van der Waals surface area contributed by atoms with E-state index in [4.69, 9.17) is 5.11 Å². The van der Waals surface area contributed by atoms with Crippen molar-refractivity contribution in [2.45, 2.75) is 44.9 Å². The number of aryl methyl sites for hydroxylation is 3. The second-order valence-electron chi connectivity index (χ2n) is 4.70. The molecule has 0 aromatic heterocycles. The third-order valence-electron chi connectivity index (χ3n) is 3.40. The molecule has 0 atom stereocenters. The lowest BCUT2D eigenvalue weighted by Crippen LogP contribution is -2.00. The maximum absolute atomic E-state index is 10.5. The monoisotopic (exact) mass is 234 g/mol. The first-order valence-corrected chi connectivity index (χ1v) is 6.22. The quantitative estimate of drug-likeness (QED) is 0.790. The lowest BCUT2D eigenvalue weighted by molar-refractivity contribution is -0.136. The number of phenols is 1. The van der Waals surface area contributed by atoms with Crippen molar-refractivity contribution in [1.29, 1.82) is 0 Å². The van der Waals surface area contributed by atoms with Crippen molar-refractivity contribution >= 4 is 5.97 Å². The highest BCUT2D eigenvalue weighted by Gasteiger charge is 2.12. The second-order valence-corrected chi connectivity index (χ2v) is 4.70. The van der Waals surface area contributed by atoms with Crippen molar-refractivity contribution in [3.05, 3.63) is 28.8 Å². The van der Waals surface area contributed by atoms with E-state index in [1.54, 1.807) is 0 Å². The molecule has 3 nitrogen and oxygen atoms in total. The number of hydrogen-bond donors (Lipinski definition) is 2. The zero-order valence-electron chi connectivity index (χ0n) is 9.91. The fourth-order valence-electron chi connectivity index (χ4n) is 2.44. The number of rotatable bonds is 3. The Bertz CT molecular complexity index is 424. The summed E-state index contributed by atoms with van der Waals surface area (Å²) in [4.78, 5) is 10.5. The molecule has 1 aliphatic carbocycles. The molecule has 2 N–H and O–H groups in total. The number of fused-ring (bicyclic) bond motifs is 1. The third-order valence-corrected chi connectivity index (χ3v) is 3.40. The maximum Gasteiger partial charge on any atom is 0.303 e. The largest absolute Gasteiger partial charge is 0.508 e. The minimum Gasteiger partial charge on any atom is -0.508 e. The van der Waals surface area contributed by atoms with Gasteiger partial charge in [0.2, 0.25) is 0 Å². The van der Waals surface area contributed by atoms with Gasteiger partial charge in [0.05, 0.1) is 0 Å². The van der Waals surface area contributed by atoms with E-state index in [9.17, 15) is 9.90 Å². The number of carboxylic acid groups (broad SMARTS) is 1. The molecular formula is C14H18O3. The minimum absolute atomic E-state index is 0.0757. The van der Waals surface area contributed by atoms with Crippen LogP contribution < -0.4 is 0 Å². The molecule has 0 saturated carbocycles. The minimum atomic E-state index is -0.820. The normalized spacial score (nSPS) is 15.1. The first kappa shape index (κ1) is 12.0. The molecule has 0 heterocycles. The van der Waals surface area contributed by atoms with Crippen molar-refractivity contribution in [1.82, 2.24) is 0 Å². The molecular weight excluding hydrogens is 216 g/mol. The Hall–Kier alpha value is -1.51. The molecule has 3 heteroatoms. The van der Waals surface area contributed by atoms with E-state index < -0.39 is 5.97 Å². The number of aliphatic carboxylic acids is 1. The molecule has 2 rings (SSSR count). The zero-order valence-corrected chi connectivity index (χ0v) is 9.91. The average Bonchev–Trinajstić information content (AvgIpc) is 2.50. The van der Waals surface area contributed by atoms with E-state index in [2.05, 4.69) is 0 Å². The van der Waals surface area contributed by atoms with Crippen molar-refractivity contribution in [3.63, 3.8) is 0 Å². The van der Waals surface area contributed by atoms with Crippen LogP contribution in [0.25, 0.3) is 0 Å². The van der Waals surface area contributed by atoms with E-state index in [0.29, 0.717) is 6.42 Å². The van der Waals surface area contributed by atoms with Crippen molar-refractivity contribution in [2.24, 2.45) is 0 Å². The number of hydrogen-bond acceptors (Lipinski definition) is 2. The van der Waals surface area contributed by atoms with Crippen molar-refractivity contribution < 1.29 is 15.0 Å². The summed E-state index contributed by atoms with van der Waals surface area (Å²) in [5, 5.41) is 18.5. The highest BCUT2D eigenvalue weighted by molar-refractivity contribution is 5.67. The highest BCUT2D eigenvalue weighted by Crippen LogP contribution is 2.28. The topological polar surface area (TPSA) is 57.5 Å². The molecule has 0 unspecified atom stereocenters. The van der Waals surface area contributed by atoms with Gasteiger partial charge in [0.1, 0.15) is 5.75 Å². The van der Waals surface area contributed by atoms with Gasteiger partial charge in [0.25, 0.3) is 0 Å². The van der Waals surface area contributed by atoms with Gasteiger partial charge in [0, 0.05) is 6.42 Å². The molecule has 0 spiro atoms. The van der Waals surface area contributed by atoms with E-state index in [0.717, 1.165) is 18.4 Å². The summed E-state index contributed by atoms with van der Waals surface area (Å²) in [6.45, 7) is 0. The molecule has 0 amide bonds. The van der Waals surface area contributed by atoms with Crippen molar-refractivity contribution in [3.8, 4) is 5.75 Å². The first-order chi connectivity index (χ1) is 8.16. The summed E-state index contributed by atoms with van der Waals surface area (Å²) in [6.07, 6.45) is 6.18. The summed E-state index contributed by atoms with van der Waals surface area (Å²) >= 11 is 0. The molecule has 17 heavy (non-hydrogen) atoms. The Morgan fingerprint density at radius 3 is 2.41 bits per heavy atom. The fourth-order valence-corrected chi connectivity index (χ4v) is 2.44. The summed E-state index contributed by atoms with van der Waals surface area (Å²) in [5.41, 5.74) is 3.30. The number of carbonyl (C=O) groups is 1. The standard InChI is InChI=1S/C14H18O3/c15-13-9-11-5-3-1-2-4-10(11)8-12(13)6-7-14(16)17/h8-9,15H,1-7H2,(H,16,17). The SMILES string of the molecule is O=C(O)CCc1cc2c(cc1O)CCCCC2. The third kappa shape index (κ3) is 2.99. The molecule has 0 bridgehead atoms. The highest BCUT2D eigenvalue weighted by atomic mass is 16.4. The molecule has 0 fully saturated rings. The Morgan fingerprint density at radius 2 is 1.76 bits per heavy atom. The fraction of sp³-hybridized carbons (Fsp3) is 0.500. The van der Waals surface area contributed by atoms with Crippen LogP contribution in [0.3, 0.4) is 0 Å². The lowest BCUT2D eigenvalue weighted by Gasteiger charge is -2.10. The van der Waals surface area contributed by atoms with E-state index in [1.165, 1.54) is 30.4 Å². The lowest BCUT2D eigenvalue weighted by atomic mass is 9.97. The summed E-state index contributed by atoms with van der Waals surface area (Å²) in [7, 11) is 0. The maximum atomic E-state index is 10.5. The summed E-state index contributed by atoms with van der Waals surface area (Å²) < 4.78 is 0. The van der Waals surface area contributed by atoms with Crippen LogP contribution in [0.5, 0.6) is 5.75 Å². The van der Waals surface area contributed by atoms with Gasteiger partial charge in [0.15, 0.2) is 0 Å². The van der Waals surface area contributed by atoms with Crippen LogP contribution in [0, 0.1) is 0 Å². The Morgan fingerprint density at radius 1 is 1.12 bits per heavy atom. The smallest absolute Gasteiger partial charge is 0.303 e. The van der Waals surface area contributed by atoms with Gasteiger partial charge in [-0.2, -0.15) is 0 Å². The Labute approximate surface area is 101 Å². The molecule has 1 aromatic carbocycles. The van der Waals surface area contributed by atoms with Crippen LogP contribution in [0.1, 0.15) is 42.4 Å². The molecule has 1 aromatic rings. The Balaban J connectivity index is 2.22. The van der Waals surface area contributed by atoms with Gasteiger partial charge in [-0.1, -0.05) is 12.5 Å². The molecule has 0 aliphatic heterocycles. The van der Waals surface area contributed by atoms with Crippen molar-refractivity contribution in [2.75, 3.05) is 0 Å². The molecule has 0 saturated heterocycles. The number of aromatic hydroxyl groups is 1. The zero-order chi connectivity index (χ0) is 12.3. The summed E-state index contributed by atoms with van der Waals surface area (Å²) in [5.74, 6) is -0.564. The van der Waals surface area contributed by atoms with Gasteiger partial charge in [-0.15, -0.1) is 0 Å². The molecule has 92 valence electrons. The van der Waals surface area contributed by atoms with Crippen LogP contribution >= 0.6 is 0 Å². The first-order valence-electron chi connectivity index (χ1n) is 6.22. The van der Waals surface area contributed by atoms with Gasteiger partial charge in [-0.05, 0) is 54.9 Å². The van der Waals surface area contributed by atoms with Gasteiger partial charge in [-0.3, -0.25) is 4.79 Å². The van der Waals surface area contributed by atoms with Crippen LogP contribution in [0.15, 0.2) is 12.1 Å². The van der Waals surface area contributed by atoms with E-state index >= 15 is 0 Å². The second kappa shape index (κ2) is 5.21. The van der Waals surface area contributed by atoms with E-state index in [1.807, 2.05) is 12.1 Å². The Kier molecular flexibility index (Phi) is 3.67. The summed E-state index contributed by atoms with van der Waals surface area (Å²) in [6, 6.07) is 3.83. The predicted molar refractivity (Wildman–Crippen MR) is 65.3 cm³/mol. The van der Waals surface area contributed by atoms with Crippen LogP contribution in [-0.4, -0.2) is 16.2 Å². The van der Waals surface area contributed by atoms with E-state index in [-0.39, 0.29) is 12.2 Å². The number of carboxylic acids is 1. The molecule has 0 radical (unpaired) electrons.